The summed E-state index contributed by atoms with van der Waals surface area (Å²) in [4.78, 5) is 30.4. The predicted molar refractivity (Wildman–Crippen MR) is 125 cm³/mol. The van der Waals surface area contributed by atoms with E-state index in [2.05, 4.69) is 49.2 Å². The molecular weight excluding hydrogens is 408 g/mol. The van der Waals surface area contributed by atoms with Crippen molar-refractivity contribution in [1.82, 2.24) is 25.2 Å². The Labute approximate surface area is 185 Å². The van der Waals surface area contributed by atoms with E-state index in [4.69, 9.17) is 0 Å². The monoisotopic (exact) mass is 434 g/mol. The van der Waals surface area contributed by atoms with Gasteiger partial charge in [0.15, 0.2) is 0 Å². The van der Waals surface area contributed by atoms with Crippen molar-refractivity contribution in [2.45, 2.75) is 24.9 Å². The molecule has 8 heteroatoms. The molecule has 2 aliphatic heterocycles. The van der Waals surface area contributed by atoms with Gasteiger partial charge in [-0.1, -0.05) is 30.3 Å². The highest BCUT2D eigenvalue weighted by Crippen LogP contribution is 2.32. The SMILES string of the molecule is CN1CCC[C@@H]1C(NC(=O)C1=CN(c2ncnc3[nH]ccc23)CCS1)c1ccccc1. The lowest BCUT2D eigenvalue weighted by Gasteiger charge is -2.31. The number of hydrogen-bond donors (Lipinski definition) is 2. The van der Waals surface area contributed by atoms with Crippen LogP contribution in [0.5, 0.6) is 0 Å². The average Bonchev–Trinajstić information content (AvgIpc) is 3.46. The highest BCUT2D eigenvalue weighted by Gasteiger charge is 2.32. The van der Waals surface area contributed by atoms with Crippen molar-refractivity contribution in [1.29, 1.82) is 0 Å². The third-order valence-electron chi connectivity index (χ3n) is 6.10. The Morgan fingerprint density at radius 2 is 2.10 bits per heavy atom. The quantitative estimate of drug-likeness (QED) is 0.642. The molecule has 5 rings (SSSR count). The maximum Gasteiger partial charge on any atom is 0.259 e. The van der Waals surface area contributed by atoms with Gasteiger partial charge in [-0.05, 0) is 38.1 Å². The van der Waals surface area contributed by atoms with Gasteiger partial charge in [-0.3, -0.25) is 4.79 Å². The minimum absolute atomic E-state index is 0.0248. The van der Waals surface area contributed by atoms with E-state index in [-0.39, 0.29) is 11.9 Å². The van der Waals surface area contributed by atoms with Crippen LogP contribution in [0.2, 0.25) is 0 Å². The Morgan fingerprint density at radius 1 is 1.23 bits per heavy atom. The molecule has 2 N–H and O–H groups in total. The molecule has 0 saturated carbocycles. The zero-order valence-corrected chi connectivity index (χ0v) is 18.3. The van der Waals surface area contributed by atoms with Crippen molar-refractivity contribution in [3.05, 3.63) is 65.6 Å². The first-order valence-corrected chi connectivity index (χ1v) is 11.6. The molecule has 1 aromatic carbocycles. The van der Waals surface area contributed by atoms with Gasteiger partial charge in [0.25, 0.3) is 5.91 Å². The number of amides is 1. The number of hydrogen-bond acceptors (Lipinski definition) is 6. The first-order valence-electron chi connectivity index (χ1n) is 10.7. The smallest absolute Gasteiger partial charge is 0.259 e. The van der Waals surface area contributed by atoms with Gasteiger partial charge in [-0.15, -0.1) is 11.8 Å². The molecule has 1 saturated heterocycles. The minimum Gasteiger partial charge on any atom is -0.346 e. The van der Waals surface area contributed by atoms with E-state index in [0.717, 1.165) is 59.0 Å². The van der Waals surface area contributed by atoms with Gasteiger partial charge >= 0.3 is 0 Å². The number of likely N-dealkylation sites (N-methyl/N-ethyl adjacent to an activating group) is 1. The van der Waals surface area contributed by atoms with Crippen molar-refractivity contribution >= 4 is 34.5 Å². The number of likely N-dealkylation sites (tertiary alicyclic amines) is 1. The first-order chi connectivity index (χ1) is 15.2. The van der Waals surface area contributed by atoms with Gasteiger partial charge in [0.2, 0.25) is 0 Å². The summed E-state index contributed by atoms with van der Waals surface area (Å²) >= 11 is 1.60. The third kappa shape index (κ3) is 4.05. The number of carbonyl (C=O) groups excluding carboxylic acids is 1. The molecule has 1 amide bonds. The van der Waals surface area contributed by atoms with Crippen LogP contribution in [0.4, 0.5) is 5.82 Å². The number of anilines is 1. The van der Waals surface area contributed by atoms with Crippen molar-refractivity contribution < 1.29 is 4.79 Å². The van der Waals surface area contributed by atoms with Gasteiger partial charge in [0.05, 0.1) is 16.3 Å². The number of thioether (sulfide) groups is 1. The van der Waals surface area contributed by atoms with Gasteiger partial charge in [-0.2, -0.15) is 0 Å². The van der Waals surface area contributed by atoms with E-state index in [1.165, 1.54) is 0 Å². The van der Waals surface area contributed by atoms with E-state index in [0.29, 0.717) is 6.04 Å². The fraction of sp³-hybridized carbons (Fsp3) is 0.348. The van der Waals surface area contributed by atoms with Gasteiger partial charge < -0.3 is 20.1 Å². The Hall–Kier alpha value is -2.84. The van der Waals surface area contributed by atoms with Crippen LogP contribution in [-0.4, -0.2) is 57.7 Å². The number of rotatable bonds is 5. The topological polar surface area (TPSA) is 77.2 Å². The lowest BCUT2D eigenvalue weighted by molar-refractivity contribution is -0.118. The van der Waals surface area contributed by atoms with Crippen molar-refractivity contribution in [3.8, 4) is 0 Å². The second kappa shape index (κ2) is 8.72. The van der Waals surface area contributed by atoms with Crippen LogP contribution < -0.4 is 10.2 Å². The molecule has 3 aromatic rings. The summed E-state index contributed by atoms with van der Waals surface area (Å²) in [5.74, 6) is 1.63. The zero-order valence-electron chi connectivity index (χ0n) is 17.5. The van der Waals surface area contributed by atoms with Crippen LogP contribution in [0.1, 0.15) is 24.4 Å². The van der Waals surface area contributed by atoms with E-state index >= 15 is 0 Å². The molecule has 2 aliphatic rings. The molecule has 0 bridgehead atoms. The van der Waals surface area contributed by atoms with Gasteiger partial charge in [0.1, 0.15) is 17.8 Å². The van der Waals surface area contributed by atoms with Crippen LogP contribution in [0.3, 0.4) is 0 Å². The Balaban J connectivity index is 1.41. The number of H-pyrrole nitrogens is 1. The van der Waals surface area contributed by atoms with E-state index in [9.17, 15) is 4.79 Å². The normalized spacial score (nSPS) is 20.6. The molecule has 7 nitrogen and oxygen atoms in total. The van der Waals surface area contributed by atoms with Crippen LogP contribution in [0.15, 0.2) is 60.0 Å². The molecule has 0 radical (unpaired) electrons. The summed E-state index contributed by atoms with van der Waals surface area (Å²) in [6.45, 7) is 1.86. The molecular formula is C23H26N6OS. The number of aromatic nitrogens is 3. The van der Waals surface area contributed by atoms with Gasteiger partial charge in [-0.25, -0.2) is 9.97 Å². The number of carbonyl (C=O) groups is 1. The lowest BCUT2D eigenvalue weighted by atomic mass is 9.97. The Morgan fingerprint density at radius 3 is 2.90 bits per heavy atom. The van der Waals surface area contributed by atoms with E-state index in [1.807, 2.05) is 36.7 Å². The van der Waals surface area contributed by atoms with Crippen LogP contribution >= 0.6 is 11.8 Å². The third-order valence-corrected chi connectivity index (χ3v) is 7.09. The van der Waals surface area contributed by atoms with E-state index < -0.39 is 0 Å². The molecule has 0 aliphatic carbocycles. The number of nitrogens with one attached hydrogen (secondary N) is 2. The molecule has 2 aromatic heterocycles. The number of aromatic amines is 1. The molecule has 0 spiro atoms. The highest BCUT2D eigenvalue weighted by molar-refractivity contribution is 8.04. The summed E-state index contributed by atoms with van der Waals surface area (Å²) in [5.41, 5.74) is 1.95. The molecule has 4 heterocycles. The zero-order chi connectivity index (χ0) is 21.2. The molecule has 1 fully saturated rings. The summed E-state index contributed by atoms with van der Waals surface area (Å²) in [7, 11) is 2.15. The minimum atomic E-state index is -0.0338. The van der Waals surface area contributed by atoms with Crippen LogP contribution in [0, 0.1) is 0 Å². The summed E-state index contributed by atoms with van der Waals surface area (Å²) in [6.07, 6.45) is 7.60. The standard InChI is InChI=1S/C23H26N6OS/c1-28-11-5-8-18(28)20(16-6-3-2-4-7-16)27-23(30)19-14-29(12-13-31-19)22-17-9-10-24-21(17)25-15-26-22/h2-4,6-7,9-10,14-15,18,20H,5,8,11-13H2,1H3,(H,27,30)(H,24,25,26)/t18-,20?/m1/s1. The predicted octanol–water partition coefficient (Wildman–Crippen LogP) is 3.30. The average molecular weight is 435 g/mol. The number of benzene rings is 1. The van der Waals surface area contributed by atoms with Crippen LogP contribution in [-0.2, 0) is 4.79 Å². The summed E-state index contributed by atoms with van der Waals surface area (Å²) in [5, 5.41) is 4.30. The van der Waals surface area contributed by atoms with Gasteiger partial charge in [0, 0.05) is 30.7 Å². The number of fused-ring (bicyclic) bond motifs is 1. The molecule has 1 unspecified atom stereocenters. The molecule has 2 atom stereocenters. The molecule has 160 valence electrons. The maximum atomic E-state index is 13.4. The maximum absolute atomic E-state index is 13.4. The van der Waals surface area contributed by atoms with Crippen molar-refractivity contribution in [3.63, 3.8) is 0 Å². The Bertz CT molecular complexity index is 1100. The summed E-state index contributed by atoms with van der Waals surface area (Å²) < 4.78 is 0. The van der Waals surface area contributed by atoms with Crippen LogP contribution in [0.25, 0.3) is 11.0 Å². The fourth-order valence-corrected chi connectivity index (χ4v) is 5.41. The molecule has 31 heavy (non-hydrogen) atoms. The Kier molecular flexibility index (Phi) is 5.65. The second-order valence-corrected chi connectivity index (χ2v) is 9.16. The lowest BCUT2D eigenvalue weighted by Crippen LogP contribution is -2.42. The largest absolute Gasteiger partial charge is 0.346 e. The second-order valence-electron chi connectivity index (χ2n) is 8.02. The first kappa shape index (κ1) is 20.1. The number of nitrogens with zero attached hydrogens (tertiary/aromatic N) is 4. The van der Waals surface area contributed by atoms with Crippen molar-refractivity contribution in [2.24, 2.45) is 0 Å². The van der Waals surface area contributed by atoms with Crippen molar-refractivity contribution in [2.75, 3.05) is 30.8 Å². The van der Waals surface area contributed by atoms with E-state index in [1.54, 1.807) is 18.1 Å². The highest BCUT2D eigenvalue weighted by atomic mass is 32.2. The summed E-state index contributed by atoms with van der Waals surface area (Å²) in [6, 6.07) is 12.5. The fourth-order valence-electron chi connectivity index (χ4n) is 4.51.